The lowest BCUT2D eigenvalue weighted by Gasteiger charge is -2.15. The number of fused-ring (bicyclic) bond motifs is 2. The van der Waals surface area contributed by atoms with Crippen LogP contribution in [0.3, 0.4) is 0 Å². The van der Waals surface area contributed by atoms with E-state index in [4.69, 9.17) is 14.2 Å². The lowest BCUT2D eigenvalue weighted by molar-refractivity contribution is -0.144. The number of esters is 1. The number of nitrogens with zero attached hydrogens (tertiary/aromatic N) is 1. The lowest BCUT2D eigenvalue weighted by atomic mass is 10.1. The number of pyridine rings is 1. The van der Waals surface area contributed by atoms with Crippen molar-refractivity contribution in [3.8, 4) is 11.5 Å². The quantitative estimate of drug-likeness (QED) is 0.267. The SMILES string of the molecule is COc1ccc(OCCOC(=O)Cn2c3ccccc3c(=O)c3ccccc32)cc1. The number of carbonyl (C=O) groups excluding carboxylic acids is 1. The molecule has 0 N–H and O–H groups in total. The van der Waals surface area contributed by atoms with E-state index in [1.165, 1.54) is 0 Å². The van der Waals surface area contributed by atoms with Crippen LogP contribution in [0.15, 0.2) is 77.6 Å². The number of para-hydroxylation sites is 2. The number of benzene rings is 3. The summed E-state index contributed by atoms with van der Waals surface area (Å²) < 4.78 is 17.9. The number of hydrogen-bond acceptors (Lipinski definition) is 5. The van der Waals surface area contributed by atoms with Crippen molar-refractivity contribution in [3.63, 3.8) is 0 Å². The first-order valence-corrected chi connectivity index (χ1v) is 9.60. The molecule has 0 spiro atoms. The van der Waals surface area contributed by atoms with Crippen molar-refractivity contribution in [2.75, 3.05) is 20.3 Å². The molecule has 0 aliphatic heterocycles. The van der Waals surface area contributed by atoms with Gasteiger partial charge < -0.3 is 18.8 Å². The molecule has 6 heteroatoms. The summed E-state index contributed by atoms with van der Waals surface area (Å²) >= 11 is 0. The second kappa shape index (κ2) is 8.69. The van der Waals surface area contributed by atoms with E-state index in [9.17, 15) is 9.59 Å². The Balaban J connectivity index is 1.46. The normalized spacial score (nSPS) is 10.8. The van der Waals surface area contributed by atoms with Gasteiger partial charge in [0, 0.05) is 10.8 Å². The molecule has 0 amide bonds. The van der Waals surface area contributed by atoms with Crippen LogP contribution in [0.1, 0.15) is 0 Å². The Kier molecular flexibility index (Phi) is 5.66. The van der Waals surface area contributed by atoms with Gasteiger partial charge in [-0.2, -0.15) is 0 Å². The minimum Gasteiger partial charge on any atom is -0.497 e. The largest absolute Gasteiger partial charge is 0.497 e. The van der Waals surface area contributed by atoms with Gasteiger partial charge in [-0.25, -0.2) is 0 Å². The molecule has 0 aliphatic carbocycles. The van der Waals surface area contributed by atoms with Crippen LogP contribution in [-0.2, 0) is 16.1 Å². The lowest BCUT2D eigenvalue weighted by Crippen LogP contribution is -2.20. The standard InChI is InChI=1S/C24H21NO5/c1-28-17-10-12-18(13-11-17)29-14-15-30-23(26)16-25-21-8-4-2-6-19(21)24(27)20-7-3-5-9-22(20)25/h2-13H,14-16H2,1H3. The molecular formula is C24H21NO5. The van der Waals surface area contributed by atoms with Gasteiger partial charge in [0.25, 0.3) is 0 Å². The molecule has 0 radical (unpaired) electrons. The van der Waals surface area contributed by atoms with Crippen LogP contribution in [0, 0.1) is 0 Å². The van der Waals surface area contributed by atoms with E-state index in [1.807, 2.05) is 41.0 Å². The molecule has 0 saturated heterocycles. The van der Waals surface area contributed by atoms with E-state index < -0.39 is 5.97 Å². The molecule has 30 heavy (non-hydrogen) atoms. The molecule has 0 atom stereocenters. The summed E-state index contributed by atoms with van der Waals surface area (Å²) in [6.45, 7) is 0.370. The molecule has 3 aromatic carbocycles. The smallest absolute Gasteiger partial charge is 0.326 e. The number of methoxy groups -OCH3 is 1. The maximum atomic E-state index is 12.8. The van der Waals surface area contributed by atoms with Gasteiger partial charge in [-0.15, -0.1) is 0 Å². The Morgan fingerprint density at radius 1 is 0.800 bits per heavy atom. The van der Waals surface area contributed by atoms with Crippen LogP contribution in [0.2, 0.25) is 0 Å². The van der Waals surface area contributed by atoms with Crippen molar-refractivity contribution < 1.29 is 19.0 Å². The summed E-state index contributed by atoms with van der Waals surface area (Å²) in [7, 11) is 1.60. The zero-order chi connectivity index (χ0) is 20.9. The molecule has 6 nitrogen and oxygen atoms in total. The molecule has 0 fully saturated rings. The monoisotopic (exact) mass is 403 g/mol. The fourth-order valence-electron chi connectivity index (χ4n) is 3.41. The first-order chi connectivity index (χ1) is 14.7. The van der Waals surface area contributed by atoms with Gasteiger partial charge in [-0.3, -0.25) is 9.59 Å². The topological polar surface area (TPSA) is 66.8 Å². The van der Waals surface area contributed by atoms with E-state index in [0.717, 1.165) is 5.75 Å². The summed E-state index contributed by atoms with van der Waals surface area (Å²) in [6.07, 6.45) is 0. The van der Waals surface area contributed by atoms with Crippen molar-refractivity contribution in [2.45, 2.75) is 6.54 Å². The third kappa shape index (κ3) is 3.98. The van der Waals surface area contributed by atoms with Gasteiger partial charge in [0.15, 0.2) is 5.43 Å². The molecule has 0 bridgehead atoms. The highest BCUT2D eigenvalue weighted by Crippen LogP contribution is 2.19. The Hall–Kier alpha value is -3.80. The summed E-state index contributed by atoms with van der Waals surface area (Å²) in [4.78, 5) is 25.2. The maximum Gasteiger partial charge on any atom is 0.326 e. The summed E-state index contributed by atoms with van der Waals surface area (Å²) in [5.41, 5.74) is 1.36. The van der Waals surface area contributed by atoms with E-state index in [1.54, 1.807) is 43.5 Å². The van der Waals surface area contributed by atoms with E-state index in [-0.39, 0.29) is 25.2 Å². The van der Waals surface area contributed by atoms with Gasteiger partial charge >= 0.3 is 5.97 Å². The first-order valence-electron chi connectivity index (χ1n) is 9.60. The first kappa shape index (κ1) is 19.5. The Labute approximate surface area is 173 Å². The highest BCUT2D eigenvalue weighted by atomic mass is 16.6. The van der Waals surface area contributed by atoms with Crippen LogP contribution in [0.25, 0.3) is 21.8 Å². The summed E-state index contributed by atoms with van der Waals surface area (Å²) in [5.74, 6) is 1.02. The zero-order valence-corrected chi connectivity index (χ0v) is 16.5. The fourth-order valence-corrected chi connectivity index (χ4v) is 3.41. The maximum absolute atomic E-state index is 12.8. The Bertz CT molecular complexity index is 1180. The second-order valence-corrected chi connectivity index (χ2v) is 6.69. The van der Waals surface area contributed by atoms with Crippen LogP contribution in [-0.4, -0.2) is 30.9 Å². The van der Waals surface area contributed by atoms with Gasteiger partial charge in [-0.1, -0.05) is 24.3 Å². The van der Waals surface area contributed by atoms with Crippen molar-refractivity contribution in [1.29, 1.82) is 0 Å². The average Bonchev–Trinajstić information content (AvgIpc) is 2.80. The van der Waals surface area contributed by atoms with Crippen LogP contribution < -0.4 is 14.9 Å². The summed E-state index contributed by atoms with van der Waals surface area (Å²) in [6, 6.07) is 21.7. The molecule has 4 aromatic rings. The number of aromatic nitrogens is 1. The molecule has 1 heterocycles. The highest BCUT2D eigenvalue weighted by molar-refractivity contribution is 5.94. The van der Waals surface area contributed by atoms with Crippen LogP contribution >= 0.6 is 0 Å². The molecule has 0 unspecified atom stereocenters. The van der Waals surface area contributed by atoms with Gasteiger partial charge in [0.2, 0.25) is 0 Å². The van der Waals surface area contributed by atoms with E-state index in [2.05, 4.69) is 0 Å². The van der Waals surface area contributed by atoms with Crippen molar-refractivity contribution in [1.82, 2.24) is 4.57 Å². The number of ether oxygens (including phenoxy) is 3. The number of carbonyl (C=O) groups is 1. The third-order valence-corrected chi connectivity index (χ3v) is 4.84. The van der Waals surface area contributed by atoms with Gasteiger partial charge in [0.05, 0.1) is 18.1 Å². The van der Waals surface area contributed by atoms with Crippen LogP contribution in [0.5, 0.6) is 11.5 Å². The van der Waals surface area contributed by atoms with Crippen LogP contribution in [0.4, 0.5) is 0 Å². The van der Waals surface area contributed by atoms with Crippen molar-refractivity contribution >= 4 is 27.8 Å². The summed E-state index contributed by atoms with van der Waals surface area (Å²) in [5, 5.41) is 1.15. The molecule has 0 aliphatic rings. The van der Waals surface area contributed by atoms with E-state index >= 15 is 0 Å². The van der Waals surface area contributed by atoms with Gasteiger partial charge in [-0.05, 0) is 48.5 Å². The minimum absolute atomic E-state index is 0.00381. The fraction of sp³-hybridized carbons (Fsp3) is 0.167. The predicted molar refractivity (Wildman–Crippen MR) is 115 cm³/mol. The Morgan fingerprint density at radius 3 is 1.97 bits per heavy atom. The van der Waals surface area contributed by atoms with Crippen molar-refractivity contribution in [2.24, 2.45) is 0 Å². The highest BCUT2D eigenvalue weighted by Gasteiger charge is 2.13. The molecular weight excluding hydrogens is 382 g/mol. The number of hydrogen-bond donors (Lipinski definition) is 0. The molecule has 0 saturated carbocycles. The average molecular weight is 403 g/mol. The van der Waals surface area contributed by atoms with E-state index in [0.29, 0.717) is 27.6 Å². The van der Waals surface area contributed by atoms with Crippen molar-refractivity contribution in [3.05, 3.63) is 83.0 Å². The molecule has 1 aromatic heterocycles. The molecule has 152 valence electrons. The second-order valence-electron chi connectivity index (χ2n) is 6.69. The predicted octanol–water partition coefficient (Wildman–Crippen LogP) is 3.79. The molecule has 4 rings (SSSR count). The zero-order valence-electron chi connectivity index (χ0n) is 16.5. The number of rotatable bonds is 7. The minimum atomic E-state index is -0.396. The Morgan fingerprint density at radius 2 is 1.37 bits per heavy atom. The third-order valence-electron chi connectivity index (χ3n) is 4.84. The van der Waals surface area contributed by atoms with Gasteiger partial charge in [0.1, 0.15) is 31.3 Å².